The Kier molecular flexibility index (Phi) is 4.51. The van der Waals surface area contributed by atoms with Crippen molar-refractivity contribution in [2.45, 2.75) is 51.4 Å². The molecule has 0 unspecified atom stereocenters. The monoisotopic (exact) mass is 395 g/mol. The second-order valence-corrected chi connectivity index (χ2v) is 9.07. The van der Waals surface area contributed by atoms with E-state index in [9.17, 15) is 9.59 Å². The third kappa shape index (κ3) is 3.19. The van der Waals surface area contributed by atoms with Gasteiger partial charge in [0, 0.05) is 55.5 Å². The van der Waals surface area contributed by atoms with E-state index in [4.69, 9.17) is 4.74 Å². The van der Waals surface area contributed by atoms with Crippen molar-refractivity contribution in [1.29, 1.82) is 0 Å². The molecule has 4 heterocycles. The number of nitrogens with one attached hydrogen (secondary N) is 2. The van der Waals surface area contributed by atoms with Crippen LogP contribution in [-0.4, -0.2) is 47.1 Å². The number of fused-ring (bicyclic) bond motifs is 2. The Morgan fingerprint density at radius 1 is 1.38 bits per heavy atom. The fourth-order valence-corrected chi connectivity index (χ4v) is 5.76. The van der Waals surface area contributed by atoms with Gasteiger partial charge in [-0.1, -0.05) is 19.1 Å². The third-order valence-corrected chi connectivity index (χ3v) is 7.18. The number of likely N-dealkylation sites (tertiary alicyclic amines) is 1. The number of hydrogen-bond acceptors (Lipinski definition) is 4. The molecule has 1 amide bonds. The lowest BCUT2D eigenvalue weighted by Gasteiger charge is -2.29. The standard InChI is InChI=1S/C23H29N3O3/c1-3-21(27)24-10-17-18-12-26(13-23(18)7-6-20(17)29-23)11-16-9-15-5-4-14(2)8-19(15)25-22(16)28/h4-5,8-9,17-18,20H,3,6-7,10-13H2,1-2H3,(H,24,27)(H,25,28)/t17-,18+,20+,23+/m0/s1. The predicted octanol–water partition coefficient (Wildman–Crippen LogP) is 2.34. The van der Waals surface area contributed by atoms with Crippen LogP contribution in [0.3, 0.4) is 0 Å². The minimum atomic E-state index is -0.0903. The highest BCUT2D eigenvalue weighted by atomic mass is 16.5. The van der Waals surface area contributed by atoms with Crippen LogP contribution in [0.1, 0.15) is 37.3 Å². The lowest BCUT2D eigenvalue weighted by atomic mass is 9.73. The molecule has 3 aliphatic rings. The van der Waals surface area contributed by atoms with Crippen molar-refractivity contribution in [3.8, 4) is 0 Å². The summed E-state index contributed by atoms with van der Waals surface area (Å²) < 4.78 is 6.47. The first-order chi connectivity index (χ1) is 14.0. The van der Waals surface area contributed by atoms with Crippen LogP contribution in [-0.2, 0) is 16.1 Å². The van der Waals surface area contributed by atoms with E-state index >= 15 is 0 Å². The van der Waals surface area contributed by atoms with Gasteiger partial charge in [0.2, 0.25) is 5.91 Å². The fraction of sp³-hybridized carbons (Fsp3) is 0.565. The first-order valence-corrected chi connectivity index (χ1v) is 10.8. The maximum Gasteiger partial charge on any atom is 0.252 e. The molecular formula is C23H29N3O3. The number of ether oxygens (including phenoxy) is 1. The molecular weight excluding hydrogens is 366 g/mol. The third-order valence-electron chi connectivity index (χ3n) is 7.18. The number of aryl methyl sites for hydroxylation is 1. The van der Waals surface area contributed by atoms with Crippen LogP contribution >= 0.6 is 0 Å². The van der Waals surface area contributed by atoms with E-state index in [2.05, 4.69) is 27.3 Å². The van der Waals surface area contributed by atoms with Gasteiger partial charge in [0.05, 0.1) is 11.7 Å². The predicted molar refractivity (Wildman–Crippen MR) is 112 cm³/mol. The molecule has 3 fully saturated rings. The Labute approximate surface area is 170 Å². The summed E-state index contributed by atoms with van der Waals surface area (Å²) in [5, 5.41) is 4.14. The molecule has 2 bridgehead atoms. The van der Waals surface area contributed by atoms with Crippen LogP contribution in [0.4, 0.5) is 0 Å². The molecule has 1 aromatic heterocycles. The largest absolute Gasteiger partial charge is 0.370 e. The number of carbonyl (C=O) groups excluding carboxylic acids is 1. The zero-order valence-electron chi connectivity index (χ0n) is 17.2. The summed E-state index contributed by atoms with van der Waals surface area (Å²) in [6.45, 7) is 7.05. The van der Waals surface area contributed by atoms with Crippen molar-refractivity contribution < 1.29 is 9.53 Å². The van der Waals surface area contributed by atoms with Gasteiger partial charge in [0.1, 0.15) is 0 Å². The molecule has 1 spiro atoms. The minimum Gasteiger partial charge on any atom is -0.370 e. The molecule has 3 saturated heterocycles. The Bertz CT molecular complexity index is 1020. The average molecular weight is 396 g/mol. The molecule has 5 rings (SSSR count). The first kappa shape index (κ1) is 18.8. The molecule has 1 aromatic carbocycles. The summed E-state index contributed by atoms with van der Waals surface area (Å²) in [4.78, 5) is 29.8. The molecule has 0 saturated carbocycles. The van der Waals surface area contributed by atoms with Crippen LogP contribution in [0.15, 0.2) is 29.1 Å². The number of H-pyrrole nitrogens is 1. The van der Waals surface area contributed by atoms with Crippen molar-refractivity contribution in [2.24, 2.45) is 11.8 Å². The van der Waals surface area contributed by atoms with Gasteiger partial charge in [-0.05, 0) is 42.8 Å². The molecule has 6 nitrogen and oxygen atoms in total. The molecule has 0 aliphatic carbocycles. The quantitative estimate of drug-likeness (QED) is 0.815. The summed E-state index contributed by atoms with van der Waals surface area (Å²) >= 11 is 0. The van der Waals surface area contributed by atoms with Gasteiger partial charge in [-0.2, -0.15) is 0 Å². The molecule has 0 radical (unpaired) electrons. The van der Waals surface area contributed by atoms with Crippen LogP contribution in [0.2, 0.25) is 0 Å². The van der Waals surface area contributed by atoms with Crippen LogP contribution in [0.25, 0.3) is 10.9 Å². The molecule has 2 N–H and O–H groups in total. The number of amides is 1. The Balaban J connectivity index is 1.34. The minimum absolute atomic E-state index is 0.00497. The number of rotatable bonds is 5. The maximum absolute atomic E-state index is 12.7. The second kappa shape index (κ2) is 6.96. The summed E-state index contributed by atoms with van der Waals surface area (Å²) in [7, 11) is 0. The van der Waals surface area contributed by atoms with Crippen molar-refractivity contribution in [2.75, 3.05) is 19.6 Å². The molecule has 4 atom stereocenters. The zero-order valence-corrected chi connectivity index (χ0v) is 17.2. The number of aromatic amines is 1. The van der Waals surface area contributed by atoms with E-state index in [0.29, 0.717) is 31.3 Å². The topological polar surface area (TPSA) is 74.4 Å². The SMILES string of the molecule is CCC(=O)NC[C@H]1[C@H]2CN(Cc3cc4ccc(C)cc4[nH]c3=O)C[C@]23CC[C@H]1O3. The van der Waals surface area contributed by atoms with Gasteiger partial charge in [-0.25, -0.2) is 0 Å². The Hall–Kier alpha value is -2.18. The molecule has 29 heavy (non-hydrogen) atoms. The fourth-order valence-electron chi connectivity index (χ4n) is 5.76. The van der Waals surface area contributed by atoms with Gasteiger partial charge < -0.3 is 15.0 Å². The summed E-state index contributed by atoms with van der Waals surface area (Å²) in [5.74, 6) is 0.914. The van der Waals surface area contributed by atoms with Gasteiger partial charge in [0.15, 0.2) is 0 Å². The number of pyridine rings is 1. The molecule has 3 aliphatic heterocycles. The highest BCUT2D eigenvalue weighted by Crippen LogP contribution is 2.54. The van der Waals surface area contributed by atoms with Crippen molar-refractivity contribution in [3.05, 3.63) is 45.7 Å². The first-order valence-electron chi connectivity index (χ1n) is 10.8. The van der Waals surface area contributed by atoms with Gasteiger partial charge in [-0.3, -0.25) is 14.5 Å². The lowest BCUT2D eigenvalue weighted by Crippen LogP contribution is -2.41. The number of nitrogens with zero attached hydrogens (tertiary/aromatic N) is 1. The zero-order chi connectivity index (χ0) is 20.2. The number of benzene rings is 1. The summed E-state index contributed by atoms with van der Waals surface area (Å²) in [6.07, 6.45) is 2.95. The number of aromatic nitrogens is 1. The smallest absolute Gasteiger partial charge is 0.252 e. The molecule has 154 valence electrons. The number of hydrogen-bond donors (Lipinski definition) is 2. The normalized spacial score (nSPS) is 30.8. The Morgan fingerprint density at radius 3 is 3.07 bits per heavy atom. The van der Waals surface area contributed by atoms with E-state index in [-0.39, 0.29) is 23.2 Å². The van der Waals surface area contributed by atoms with Crippen molar-refractivity contribution >= 4 is 16.8 Å². The van der Waals surface area contributed by atoms with E-state index in [0.717, 1.165) is 48.0 Å². The molecule has 6 heteroatoms. The van der Waals surface area contributed by atoms with E-state index in [1.54, 1.807) is 0 Å². The van der Waals surface area contributed by atoms with Crippen LogP contribution in [0, 0.1) is 18.8 Å². The summed E-state index contributed by atoms with van der Waals surface area (Å²) in [5.41, 5.74) is 2.75. The highest BCUT2D eigenvalue weighted by Gasteiger charge is 2.62. The van der Waals surface area contributed by atoms with Crippen LogP contribution in [0.5, 0.6) is 0 Å². The second-order valence-electron chi connectivity index (χ2n) is 9.07. The van der Waals surface area contributed by atoms with Crippen molar-refractivity contribution in [3.63, 3.8) is 0 Å². The average Bonchev–Trinajstić information content (AvgIpc) is 3.35. The van der Waals surface area contributed by atoms with Gasteiger partial charge in [-0.15, -0.1) is 0 Å². The number of carbonyl (C=O) groups is 1. The van der Waals surface area contributed by atoms with Crippen LogP contribution < -0.4 is 10.9 Å². The Morgan fingerprint density at radius 2 is 2.24 bits per heavy atom. The van der Waals surface area contributed by atoms with E-state index in [1.807, 2.05) is 26.0 Å². The lowest BCUT2D eigenvalue weighted by molar-refractivity contribution is -0.121. The summed E-state index contributed by atoms with van der Waals surface area (Å²) in [6, 6.07) is 8.18. The van der Waals surface area contributed by atoms with E-state index < -0.39 is 0 Å². The van der Waals surface area contributed by atoms with E-state index in [1.165, 1.54) is 0 Å². The molecule has 2 aromatic rings. The maximum atomic E-state index is 12.7. The van der Waals surface area contributed by atoms with Gasteiger partial charge in [0.25, 0.3) is 5.56 Å². The highest BCUT2D eigenvalue weighted by molar-refractivity contribution is 5.79. The van der Waals surface area contributed by atoms with Crippen molar-refractivity contribution in [1.82, 2.24) is 15.2 Å². The van der Waals surface area contributed by atoms with Gasteiger partial charge >= 0.3 is 0 Å².